The average molecular weight is 556 g/mol. The van der Waals surface area contributed by atoms with E-state index in [-0.39, 0.29) is 12.3 Å². The number of anilines is 1. The van der Waals surface area contributed by atoms with Gasteiger partial charge in [-0.25, -0.2) is 9.69 Å². The maximum Gasteiger partial charge on any atom is 0.329 e. The highest BCUT2D eigenvalue weighted by molar-refractivity contribution is 6.35. The second-order valence-electron chi connectivity index (χ2n) is 8.06. The Morgan fingerprint density at radius 1 is 0.974 bits per heavy atom. The number of carbonyl (C=O) groups excluding carboxylic acids is 3. The van der Waals surface area contributed by atoms with Gasteiger partial charge in [0.05, 0.1) is 19.9 Å². The number of nitrogens with zero attached hydrogens (tertiary/aromatic N) is 1. The first-order chi connectivity index (χ1) is 18.3. The lowest BCUT2D eigenvalue weighted by atomic mass is 10.1. The number of imide groups is 1. The molecule has 0 radical (unpaired) electrons. The summed E-state index contributed by atoms with van der Waals surface area (Å²) in [5.74, 6) is 0.132. The first-order valence-corrected chi connectivity index (χ1v) is 12.1. The number of rotatable bonds is 9. The van der Waals surface area contributed by atoms with Crippen molar-refractivity contribution in [1.29, 1.82) is 0 Å². The highest BCUT2D eigenvalue weighted by atomic mass is 35.5. The summed E-state index contributed by atoms with van der Waals surface area (Å²) in [7, 11) is 2.96. The molecule has 0 atom stereocenters. The molecule has 3 aromatic rings. The van der Waals surface area contributed by atoms with E-state index in [9.17, 15) is 14.4 Å². The van der Waals surface area contributed by atoms with Gasteiger partial charge in [0.1, 0.15) is 24.6 Å². The fourth-order valence-electron chi connectivity index (χ4n) is 3.65. The summed E-state index contributed by atoms with van der Waals surface area (Å²) in [6.45, 7) is -0.281. The number of para-hydroxylation sites is 2. The van der Waals surface area contributed by atoms with Gasteiger partial charge in [0, 0.05) is 15.6 Å². The molecule has 1 saturated heterocycles. The second-order valence-corrected chi connectivity index (χ2v) is 8.91. The lowest BCUT2D eigenvalue weighted by molar-refractivity contribution is -0.127. The Bertz CT molecular complexity index is 1430. The van der Waals surface area contributed by atoms with Gasteiger partial charge in [-0.2, -0.15) is 0 Å². The summed E-state index contributed by atoms with van der Waals surface area (Å²) in [6, 6.07) is 16.3. The number of urea groups is 1. The molecule has 2 N–H and O–H groups in total. The predicted octanol–water partition coefficient (Wildman–Crippen LogP) is 5.12. The minimum atomic E-state index is -0.705. The molecule has 0 aliphatic carbocycles. The van der Waals surface area contributed by atoms with Crippen LogP contribution in [-0.4, -0.2) is 43.5 Å². The van der Waals surface area contributed by atoms with Crippen LogP contribution in [0.15, 0.2) is 66.4 Å². The molecule has 38 heavy (non-hydrogen) atoms. The van der Waals surface area contributed by atoms with E-state index in [2.05, 4.69) is 10.6 Å². The van der Waals surface area contributed by atoms with E-state index in [1.165, 1.54) is 20.3 Å². The van der Waals surface area contributed by atoms with Crippen LogP contribution in [0.2, 0.25) is 10.0 Å². The highest BCUT2D eigenvalue weighted by Crippen LogP contribution is 2.31. The van der Waals surface area contributed by atoms with Gasteiger partial charge < -0.3 is 24.8 Å². The van der Waals surface area contributed by atoms with Crippen LogP contribution in [-0.2, 0) is 16.2 Å². The molecule has 1 heterocycles. The van der Waals surface area contributed by atoms with Crippen molar-refractivity contribution in [3.05, 3.63) is 87.5 Å². The van der Waals surface area contributed by atoms with Crippen molar-refractivity contribution in [2.24, 2.45) is 0 Å². The Morgan fingerprint density at radius 3 is 2.47 bits per heavy atom. The van der Waals surface area contributed by atoms with Crippen molar-refractivity contribution < 1.29 is 28.6 Å². The highest BCUT2D eigenvalue weighted by Gasteiger charge is 2.35. The molecule has 11 heteroatoms. The summed E-state index contributed by atoms with van der Waals surface area (Å²) in [5, 5.41) is 6.15. The van der Waals surface area contributed by atoms with Crippen molar-refractivity contribution in [2.75, 3.05) is 26.1 Å². The summed E-state index contributed by atoms with van der Waals surface area (Å²) >= 11 is 12.1. The Morgan fingerprint density at radius 2 is 1.74 bits per heavy atom. The van der Waals surface area contributed by atoms with E-state index in [4.69, 9.17) is 37.4 Å². The van der Waals surface area contributed by atoms with Crippen LogP contribution in [0.4, 0.5) is 10.5 Å². The molecule has 0 spiro atoms. The van der Waals surface area contributed by atoms with E-state index in [0.717, 1.165) is 10.5 Å². The molecule has 4 amide bonds. The third-order valence-electron chi connectivity index (χ3n) is 5.54. The predicted molar refractivity (Wildman–Crippen MR) is 144 cm³/mol. The molecule has 0 saturated carbocycles. The van der Waals surface area contributed by atoms with Crippen LogP contribution in [0.5, 0.6) is 17.2 Å². The zero-order valence-electron chi connectivity index (χ0n) is 20.4. The number of hydrogen-bond donors (Lipinski definition) is 2. The fraction of sp³-hybridized carbons (Fsp3) is 0.148. The van der Waals surface area contributed by atoms with E-state index in [0.29, 0.717) is 38.5 Å². The lowest BCUT2D eigenvalue weighted by Gasteiger charge is -2.13. The third kappa shape index (κ3) is 6.19. The monoisotopic (exact) mass is 555 g/mol. The summed E-state index contributed by atoms with van der Waals surface area (Å²) in [6.07, 6.45) is 1.49. The van der Waals surface area contributed by atoms with Crippen molar-refractivity contribution >= 4 is 52.8 Å². The minimum absolute atomic E-state index is 0.0174. The number of carbonyl (C=O) groups is 3. The molecule has 0 aromatic heterocycles. The van der Waals surface area contributed by atoms with E-state index in [1.807, 2.05) is 0 Å². The average Bonchev–Trinajstić information content (AvgIpc) is 3.16. The van der Waals surface area contributed by atoms with Gasteiger partial charge in [-0.05, 0) is 48.0 Å². The van der Waals surface area contributed by atoms with Crippen molar-refractivity contribution in [3.63, 3.8) is 0 Å². The van der Waals surface area contributed by atoms with Crippen LogP contribution in [0.3, 0.4) is 0 Å². The molecule has 9 nitrogen and oxygen atoms in total. The maximum absolute atomic E-state index is 12.9. The first kappa shape index (κ1) is 26.8. The Balaban J connectivity index is 1.44. The fourth-order valence-corrected chi connectivity index (χ4v) is 4.11. The van der Waals surface area contributed by atoms with Gasteiger partial charge in [0.2, 0.25) is 5.91 Å². The Labute approximate surface area is 228 Å². The van der Waals surface area contributed by atoms with E-state index < -0.39 is 24.4 Å². The van der Waals surface area contributed by atoms with Crippen molar-refractivity contribution in [2.45, 2.75) is 6.61 Å². The number of benzene rings is 3. The van der Waals surface area contributed by atoms with E-state index >= 15 is 0 Å². The van der Waals surface area contributed by atoms with Gasteiger partial charge in [0.15, 0.2) is 11.5 Å². The van der Waals surface area contributed by atoms with Crippen LogP contribution in [0, 0.1) is 0 Å². The van der Waals surface area contributed by atoms with Crippen LogP contribution in [0.25, 0.3) is 6.08 Å². The van der Waals surface area contributed by atoms with Crippen LogP contribution < -0.4 is 24.8 Å². The number of halogens is 2. The van der Waals surface area contributed by atoms with Gasteiger partial charge in [0.25, 0.3) is 5.91 Å². The minimum Gasteiger partial charge on any atom is -0.495 e. The van der Waals surface area contributed by atoms with Crippen LogP contribution >= 0.6 is 23.2 Å². The molecule has 3 aromatic carbocycles. The van der Waals surface area contributed by atoms with Gasteiger partial charge >= 0.3 is 6.03 Å². The normalized spacial score (nSPS) is 13.9. The second kappa shape index (κ2) is 11.9. The summed E-state index contributed by atoms with van der Waals surface area (Å²) < 4.78 is 16.5. The smallest absolute Gasteiger partial charge is 0.329 e. The topological polar surface area (TPSA) is 106 Å². The number of amides is 4. The summed E-state index contributed by atoms with van der Waals surface area (Å²) in [4.78, 5) is 38.6. The van der Waals surface area contributed by atoms with E-state index in [1.54, 1.807) is 60.7 Å². The molecule has 196 valence electrons. The maximum atomic E-state index is 12.9. The number of nitrogens with one attached hydrogen (secondary N) is 2. The van der Waals surface area contributed by atoms with Crippen molar-refractivity contribution in [3.8, 4) is 17.2 Å². The molecular weight excluding hydrogens is 533 g/mol. The standard InChI is InChI=1S/C27H23Cl2N3O6/c1-36-22-6-4-3-5-20(22)30-25(33)14-32-26(34)21(31-27(32)35)11-16-7-10-23(24(12-16)37-2)38-15-17-8-9-18(28)13-19(17)29/h3-13H,14-15H2,1-2H3,(H,30,33)(H,31,35)/b21-11+. The Hall–Kier alpha value is -4.21. The SMILES string of the molecule is COc1ccccc1NC(=O)CN1C(=O)N/C(=C/c2ccc(OCc3ccc(Cl)cc3Cl)c(OC)c2)C1=O. The lowest BCUT2D eigenvalue weighted by Crippen LogP contribution is -2.38. The van der Waals surface area contributed by atoms with Crippen molar-refractivity contribution in [1.82, 2.24) is 10.2 Å². The van der Waals surface area contributed by atoms with Crippen LogP contribution in [0.1, 0.15) is 11.1 Å². The molecule has 0 unspecified atom stereocenters. The largest absolute Gasteiger partial charge is 0.495 e. The molecule has 4 rings (SSSR count). The Kier molecular flexibility index (Phi) is 8.40. The quantitative estimate of drug-likeness (QED) is 0.280. The summed E-state index contributed by atoms with van der Waals surface area (Å²) in [5.41, 5.74) is 1.76. The molecule has 0 bridgehead atoms. The zero-order chi connectivity index (χ0) is 27.2. The number of hydrogen-bond acceptors (Lipinski definition) is 6. The molecule has 1 fully saturated rings. The molecule has 1 aliphatic heterocycles. The molecular formula is C27H23Cl2N3O6. The number of ether oxygens (including phenoxy) is 3. The van der Waals surface area contributed by atoms with Gasteiger partial charge in [-0.1, -0.05) is 47.5 Å². The zero-order valence-corrected chi connectivity index (χ0v) is 21.9. The van der Waals surface area contributed by atoms with Gasteiger partial charge in [-0.15, -0.1) is 0 Å². The number of methoxy groups -OCH3 is 2. The third-order valence-corrected chi connectivity index (χ3v) is 6.13. The van der Waals surface area contributed by atoms with Gasteiger partial charge in [-0.3, -0.25) is 9.59 Å². The first-order valence-electron chi connectivity index (χ1n) is 11.3. The molecule has 1 aliphatic rings.